The van der Waals surface area contributed by atoms with Crippen LogP contribution in [0.2, 0.25) is 0 Å². The summed E-state index contributed by atoms with van der Waals surface area (Å²) in [5, 5.41) is 0. The van der Waals surface area contributed by atoms with Crippen LogP contribution in [0.3, 0.4) is 0 Å². The summed E-state index contributed by atoms with van der Waals surface area (Å²) in [6, 6.07) is 13.1. The van der Waals surface area contributed by atoms with Gasteiger partial charge in [-0.25, -0.2) is 24.3 Å². The third-order valence-electron chi connectivity index (χ3n) is 3.54. The Balaban J connectivity index is 0.000000324. The first kappa shape index (κ1) is 18.4. The summed E-state index contributed by atoms with van der Waals surface area (Å²) >= 11 is 0. The van der Waals surface area contributed by atoms with Crippen molar-refractivity contribution in [2.24, 2.45) is 0 Å². The molecule has 0 heterocycles. The van der Waals surface area contributed by atoms with E-state index in [2.05, 4.69) is 64.1 Å². The Kier molecular flexibility index (Phi) is 9.92. The molecule has 0 bridgehead atoms. The molecule has 0 saturated carbocycles. The maximum atomic E-state index is 2.21. The number of aryl methyl sites for hydroxylation is 4. The molecular formula is C18H26Ti. The van der Waals surface area contributed by atoms with Gasteiger partial charge in [0.15, 0.2) is 0 Å². The maximum absolute atomic E-state index is 2.21. The molecular weight excluding hydrogens is 264 g/mol. The van der Waals surface area contributed by atoms with E-state index in [0.29, 0.717) is 0 Å². The Morgan fingerprint density at radius 1 is 0.737 bits per heavy atom. The van der Waals surface area contributed by atoms with Crippen molar-refractivity contribution in [3.8, 4) is 0 Å². The minimum atomic E-state index is 0. The monoisotopic (exact) mass is 290 g/mol. The molecule has 0 saturated heterocycles. The third-order valence-corrected chi connectivity index (χ3v) is 3.54. The summed E-state index contributed by atoms with van der Waals surface area (Å²) in [6.45, 7) is 8.81. The van der Waals surface area contributed by atoms with Gasteiger partial charge in [0, 0.05) is 0 Å². The van der Waals surface area contributed by atoms with E-state index in [4.69, 9.17) is 0 Å². The average molecular weight is 290 g/mol. The van der Waals surface area contributed by atoms with Crippen LogP contribution < -0.4 is 0 Å². The van der Waals surface area contributed by atoms with Crippen molar-refractivity contribution in [1.29, 1.82) is 0 Å². The molecule has 0 nitrogen and oxygen atoms in total. The van der Waals surface area contributed by atoms with E-state index < -0.39 is 0 Å². The SMILES string of the molecule is CCc1ccc[c-]1CC.CCc1ccc[c-]1CC.[Ti+2]. The second-order valence-corrected chi connectivity index (χ2v) is 4.57. The van der Waals surface area contributed by atoms with Gasteiger partial charge in [-0.3, -0.25) is 0 Å². The summed E-state index contributed by atoms with van der Waals surface area (Å²) in [6.07, 6.45) is 4.71. The van der Waals surface area contributed by atoms with Gasteiger partial charge in [0.1, 0.15) is 0 Å². The molecule has 0 amide bonds. The molecule has 102 valence electrons. The van der Waals surface area contributed by atoms with Crippen molar-refractivity contribution < 1.29 is 21.7 Å². The summed E-state index contributed by atoms with van der Waals surface area (Å²) in [5.74, 6) is 0. The van der Waals surface area contributed by atoms with Gasteiger partial charge in [0.2, 0.25) is 0 Å². The van der Waals surface area contributed by atoms with Crippen LogP contribution in [0.1, 0.15) is 49.9 Å². The first-order valence-corrected chi connectivity index (χ1v) is 7.23. The number of hydrogen-bond donors (Lipinski definition) is 0. The predicted molar refractivity (Wildman–Crippen MR) is 81.6 cm³/mol. The smallest absolute Gasteiger partial charge is 0.213 e. The van der Waals surface area contributed by atoms with Crippen LogP contribution in [0, 0.1) is 0 Å². The Hall–Kier alpha value is -0.586. The topological polar surface area (TPSA) is 0 Å². The molecule has 2 aromatic rings. The molecule has 1 heteroatoms. The number of hydrogen-bond acceptors (Lipinski definition) is 0. The molecule has 2 aromatic carbocycles. The van der Waals surface area contributed by atoms with Gasteiger partial charge in [-0.1, -0.05) is 53.4 Å². The fourth-order valence-corrected chi connectivity index (χ4v) is 2.37. The van der Waals surface area contributed by atoms with E-state index >= 15 is 0 Å². The van der Waals surface area contributed by atoms with Gasteiger partial charge in [-0.05, 0) is 0 Å². The average Bonchev–Trinajstić information content (AvgIpc) is 3.06. The molecule has 0 aromatic heterocycles. The van der Waals surface area contributed by atoms with Gasteiger partial charge >= 0.3 is 21.7 Å². The van der Waals surface area contributed by atoms with E-state index in [1.165, 1.54) is 47.9 Å². The fourth-order valence-electron chi connectivity index (χ4n) is 2.37. The van der Waals surface area contributed by atoms with Gasteiger partial charge in [-0.2, -0.15) is 34.4 Å². The molecule has 0 spiro atoms. The molecule has 0 aliphatic carbocycles. The van der Waals surface area contributed by atoms with Gasteiger partial charge < -0.3 is 0 Å². The fraction of sp³-hybridized carbons (Fsp3) is 0.444. The first-order chi connectivity index (χ1) is 8.76. The van der Waals surface area contributed by atoms with E-state index in [-0.39, 0.29) is 21.7 Å². The Morgan fingerprint density at radius 3 is 1.32 bits per heavy atom. The summed E-state index contributed by atoms with van der Waals surface area (Å²) in [5.41, 5.74) is 6.05. The molecule has 0 unspecified atom stereocenters. The van der Waals surface area contributed by atoms with Crippen molar-refractivity contribution in [3.63, 3.8) is 0 Å². The first-order valence-electron chi connectivity index (χ1n) is 7.23. The second-order valence-electron chi connectivity index (χ2n) is 4.57. The van der Waals surface area contributed by atoms with Crippen molar-refractivity contribution in [1.82, 2.24) is 0 Å². The predicted octanol–water partition coefficient (Wildman–Crippen LogP) is 5.06. The van der Waals surface area contributed by atoms with Gasteiger partial charge in [-0.15, -0.1) is 0 Å². The van der Waals surface area contributed by atoms with Crippen molar-refractivity contribution in [2.75, 3.05) is 0 Å². The van der Waals surface area contributed by atoms with Gasteiger partial charge in [0.25, 0.3) is 0 Å². The van der Waals surface area contributed by atoms with Crippen LogP contribution in [0.15, 0.2) is 36.4 Å². The second kappa shape index (κ2) is 10.2. The van der Waals surface area contributed by atoms with Crippen LogP contribution >= 0.6 is 0 Å². The summed E-state index contributed by atoms with van der Waals surface area (Å²) < 4.78 is 0. The minimum absolute atomic E-state index is 0. The molecule has 2 rings (SSSR count). The zero-order valence-electron chi connectivity index (χ0n) is 12.8. The minimum Gasteiger partial charge on any atom is -0.213 e. The summed E-state index contributed by atoms with van der Waals surface area (Å²) in [4.78, 5) is 0. The van der Waals surface area contributed by atoms with Crippen LogP contribution in [-0.4, -0.2) is 0 Å². The maximum Gasteiger partial charge on any atom is 2.00 e. The van der Waals surface area contributed by atoms with Crippen molar-refractivity contribution in [3.05, 3.63) is 58.7 Å². The molecule has 0 radical (unpaired) electrons. The van der Waals surface area contributed by atoms with E-state index in [1.807, 2.05) is 0 Å². The van der Waals surface area contributed by atoms with Crippen LogP contribution in [0.5, 0.6) is 0 Å². The van der Waals surface area contributed by atoms with E-state index in [9.17, 15) is 0 Å². The quantitative estimate of drug-likeness (QED) is 0.545. The molecule has 19 heavy (non-hydrogen) atoms. The number of rotatable bonds is 4. The summed E-state index contributed by atoms with van der Waals surface area (Å²) in [7, 11) is 0. The zero-order valence-corrected chi connectivity index (χ0v) is 14.4. The molecule has 0 aliphatic rings. The molecule has 0 atom stereocenters. The standard InChI is InChI=1S/2C9H13.Ti/c2*1-3-8-6-5-7-9(8)4-2;/h2*5-7H,3-4H2,1-2H3;/q2*-1;+2. The Labute approximate surface area is 133 Å². The largest absolute Gasteiger partial charge is 2.00 e. The molecule has 0 N–H and O–H groups in total. The van der Waals surface area contributed by atoms with Crippen LogP contribution in [-0.2, 0) is 47.4 Å². The zero-order chi connectivity index (χ0) is 13.4. The van der Waals surface area contributed by atoms with E-state index in [0.717, 1.165) is 0 Å². The van der Waals surface area contributed by atoms with Crippen molar-refractivity contribution in [2.45, 2.75) is 53.4 Å². The molecule has 0 fully saturated rings. The molecule has 0 aliphatic heterocycles. The third kappa shape index (κ3) is 5.51. The van der Waals surface area contributed by atoms with Gasteiger partial charge in [0.05, 0.1) is 0 Å². The Bertz CT molecular complexity index is 355. The van der Waals surface area contributed by atoms with Crippen molar-refractivity contribution >= 4 is 0 Å². The normalized spacial score (nSPS) is 9.47. The van der Waals surface area contributed by atoms with Crippen LogP contribution in [0.4, 0.5) is 0 Å². The Morgan fingerprint density at radius 2 is 1.11 bits per heavy atom. The van der Waals surface area contributed by atoms with E-state index in [1.54, 1.807) is 0 Å². The van der Waals surface area contributed by atoms with Crippen LogP contribution in [0.25, 0.3) is 0 Å².